The van der Waals surface area contributed by atoms with Crippen LogP contribution in [0.1, 0.15) is 26.5 Å². The number of rotatable bonds is 4. The summed E-state index contributed by atoms with van der Waals surface area (Å²) in [5, 5.41) is 2.65. The molecule has 0 saturated carbocycles. The molecule has 1 aromatic heterocycles. The van der Waals surface area contributed by atoms with Gasteiger partial charge >= 0.3 is 6.09 Å². The van der Waals surface area contributed by atoms with Crippen molar-refractivity contribution in [1.29, 1.82) is 0 Å². The second-order valence-corrected chi connectivity index (χ2v) is 5.90. The van der Waals surface area contributed by atoms with E-state index in [0.29, 0.717) is 21.7 Å². The number of carbonyl (C=O) groups excluding carboxylic acids is 1. The molecule has 1 rings (SSSR count). The summed E-state index contributed by atoms with van der Waals surface area (Å²) in [5.74, 6) is 0.445. The lowest BCUT2D eigenvalue weighted by Crippen LogP contribution is -2.27. The molecule has 1 heterocycles. The number of halogens is 1. The minimum Gasteiger partial charge on any atom is -0.463 e. The average Bonchev–Trinajstić information content (AvgIpc) is 2.24. The van der Waals surface area contributed by atoms with E-state index in [2.05, 4.69) is 26.2 Å². The highest BCUT2D eigenvalue weighted by atomic mass is 79.9. The molecule has 6 nitrogen and oxygen atoms in total. The molecule has 7 heteroatoms. The summed E-state index contributed by atoms with van der Waals surface area (Å²) in [4.78, 5) is 16.0. The van der Waals surface area contributed by atoms with E-state index < -0.39 is 11.7 Å². The Bertz CT molecular complexity index is 486. The summed E-state index contributed by atoms with van der Waals surface area (Å²) in [6, 6.07) is 1.64. The largest absolute Gasteiger partial charge is 0.463 e. The molecule has 0 aliphatic heterocycles. The number of methoxy groups -OCH3 is 1. The van der Waals surface area contributed by atoms with E-state index in [1.54, 1.807) is 33.8 Å². The number of aromatic nitrogens is 1. The predicted octanol–water partition coefficient (Wildman–Crippen LogP) is 3.48. The molecular weight excluding hydrogens is 328 g/mol. The SMILES string of the molecule is COCOc1c(NC(=O)OC(C)(C)C)cc(Br)nc1C. The van der Waals surface area contributed by atoms with Crippen molar-refractivity contribution in [3.05, 3.63) is 16.4 Å². The molecule has 1 amide bonds. The zero-order valence-corrected chi connectivity index (χ0v) is 13.8. The molecule has 0 bridgehead atoms. The fraction of sp³-hybridized carbons (Fsp3) is 0.538. The topological polar surface area (TPSA) is 69.7 Å². The lowest BCUT2D eigenvalue weighted by Gasteiger charge is -2.21. The monoisotopic (exact) mass is 346 g/mol. The Balaban J connectivity index is 2.94. The third-order valence-corrected chi connectivity index (χ3v) is 2.47. The first kappa shape index (κ1) is 16.7. The van der Waals surface area contributed by atoms with Crippen LogP contribution in [-0.2, 0) is 9.47 Å². The van der Waals surface area contributed by atoms with Gasteiger partial charge in [0.05, 0.1) is 11.4 Å². The summed E-state index contributed by atoms with van der Waals surface area (Å²) in [7, 11) is 1.52. The van der Waals surface area contributed by atoms with Crippen molar-refractivity contribution in [2.24, 2.45) is 0 Å². The molecule has 0 unspecified atom stereocenters. The van der Waals surface area contributed by atoms with Crippen LogP contribution in [0.15, 0.2) is 10.7 Å². The minimum absolute atomic E-state index is 0.0626. The van der Waals surface area contributed by atoms with Crippen LogP contribution in [0.5, 0.6) is 5.75 Å². The maximum absolute atomic E-state index is 11.8. The van der Waals surface area contributed by atoms with Gasteiger partial charge in [-0.1, -0.05) is 0 Å². The quantitative estimate of drug-likeness (QED) is 0.667. The first-order valence-corrected chi connectivity index (χ1v) is 6.81. The summed E-state index contributed by atoms with van der Waals surface area (Å²) in [5.41, 5.74) is 0.523. The predicted molar refractivity (Wildman–Crippen MR) is 79.0 cm³/mol. The number of anilines is 1. The van der Waals surface area contributed by atoms with Crippen LogP contribution in [-0.4, -0.2) is 30.6 Å². The highest BCUT2D eigenvalue weighted by Gasteiger charge is 2.19. The number of amides is 1. The molecular formula is C13H19BrN2O4. The number of carbonyl (C=O) groups is 1. The normalized spacial score (nSPS) is 11.1. The number of pyridine rings is 1. The molecule has 0 atom stereocenters. The molecule has 112 valence electrons. The first-order chi connectivity index (χ1) is 9.23. The van der Waals surface area contributed by atoms with E-state index in [1.165, 1.54) is 7.11 Å². The van der Waals surface area contributed by atoms with E-state index in [-0.39, 0.29) is 6.79 Å². The van der Waals surface area contributed by atoms with Crippen LogP contribution in [0.2, 0.25) is 0 Å². The summed E-state index contributed by atoms with van der Waals surface area (Å²) in [6.45, 7) is 7.22. The number of hydrogen-bond donors (Lipinski definition) is 1. The zero-order valence-electron chi connectivity index (χ0n) is 12.2. The van der Waals surface area contributed by atoms with Gasteiger partial charge in [0.2, 0.25) is 0 Å². The number of ether oxygens (including phenoxy) is 3. The highest BCUT2D eigenvalue weighted by molar-refractivity contribution is 9.10. The number of nitrogens with one attached hydrogen (secondary N) is 1. The number of aryl methyl sites for hydroxylation is 1. The summed E-state index contributed by atoms with van der Waals surface area (Å²) in [6.07, 6.45) is -0.558. The van der Waals surface area contributed by atoms with E-state index in [1.807, 2.05) is 0 Å². The molecule has 0 fully saturated rings. The molecule has 1 aromatic rings. The van der Waals surface area contributed by atoms with Gasteiger partial charge in [0, 0.05) is 7.11 Å². The molecule has 0 aromatic carbocycles. The third-order valence-electron chi connectivity index (χ3n) is 2.07. The Kier molecular flexibility index (Phi) is 5.76. The van der Waals surface area contributed by atoms with Crippen LogP contribution < -0.4 is 10.1 Å². The van der Waals surface area contributed by atoms with Crippen molar-refractivity contribution in [1.82, 2.24) is 4.98 Å². The van der Waals surface area contributed by atoms with E-state index in [4.69, 9.17) is 14.2 Å². The molecule has 1 N–H and O–H groups in total. The van der Waals surface area contributed by atoms with Crippen molar-refractivity contribution in [2.45, 2.75) is 33.3 Å². The van der Waals surface area contributed by atoms with Crippen molar-refractivity contribution < 1.29 is 19.0 Å². The Hall–Kier alpha value is -1.34. The maximum atomic E-state index is 11.8. The van der Waals surface area contributed by atoms with Gasteiger partial charge in [-0.2, -0.15) is 0 Å². The average molecular weight is 347 g/mol. The fourth-order valence-electron chi connectivity index (χ4n) is 1.43. The van der Waals surface area contributed by atoms with Gasteiger partial charge in [-0.3, -0.25) is 5.32 Å². The van der Waals surface area contributed by atoms with Gasteiger partial charge in [0.15, 0.2) is 12.5 Å². The molecule has 0 aliphatic carbocycles. The lowest BCUT2D eigenvalue weighted by atomic mass is 10.2. The van der Waals surface area contributed by atoms with Gasteiger partial charge in [-0.15, -0.1) is 0 Å². The van der Waals surface area contributed by atoms with Crippen molar-refractivity contribution >= 4 is 27.7 Å². The second kappa shape index (κ2) is 6.90. The van der Waals surface area contributed by atoms with Crippen molar-refractivity contribution in [3.63, 3.8) is 0 Å². The third kappa shape index (κ3) is 5.34. The van der Waals surface area contributed by atoms with Gasteiger partial charge < -0.3 is 14.2 Å². The van der Waals surface area contributed by atoms with Gasteiger partial charge in [-0.25, -0.2) is 9.78 Å². The van der Waals surface area contributed by atoms with Crippen molar-refractivity contribution in [2.75, 3.05) is 19.2 Å². The van der Waals surface area contributed by atoms with Crippen LogP contribution in [0.3, 0.4) is 0 Å². The van der Waals surface area contributed by atoms with E-state index >= 15 is 0 Å². The maximum Gasteiger partial charge on any atom is 0.412 e. The van der Waals surface area contributed by atoms with Crippen LogP contribution in [0, 0.1) is 6.92 Å². The molecule has 0 radical (unpaired) electrons. The van der Waals surface area contributed by atoms with Crippen LogP contribution in [0.4, 0.5) is 10.5 Å². The highest BCUT2D eigenvalue weighted by Crippen LogP contribution is 2.30. The smallest absolute Gasteiger partial charge is 0.412 e. The van der Waals surface area contributed by atoms with Crippen LogP contribution in [0.25, 0.3) is 0 Å². The molecule has 0 aliphatic rings. The molecule has 0 spiro atoms. The number of hydrogen-bond acceptors (Lipinski definition) is 5. The van der Waals surface area contributed by atoms with Crippen molar-refractivity contribution in [3.8, 4) is 5.75 Å². The van der Waals surface area contributed by atoms with Gasteiger partial charge in [0.1, 0.15) is 10.2 Å². The van der Waals surface area contributed by atoms with Gasteiger partial charge in [-0.05, 0) is 49.7 Å². The summed E-state index contributed by atoms with van der Waals surface area (Å²) >= 11 is 3.28. The Morgan fingerprint density at radius 3 is 2.65 bits per heavy atom. The second-order valence-electron chi connectivity index (χ2n) is 5.08. The van der Waals surface area contributed by atoms with E-state index in [9.17, 15) is 4.79 Å². The lowest BCUT2D eigenvalue weighted by molar-refractivity contribution is 0.0501. The molecule has 0 saturated heterocycles. The van der Waals surface area contributed by atoms with Crippen LogP contribution >= 0.6 is 15.9 Å². The zero-order chi connectivity index (χ0) is 15.3. The standard InChI is InChI=1S/C13H19BrN2O4/c1-8-11(19-7-18-5)9(6-10(14)15-8)16-12(17)20-13(2,3)4/h6H,7H2,1-5H3,(H,15,16,17). The van der Waals surface area contributed by atoms with Gasteiger partial charge in [0.25, 0.3) is 0 Å². The summed E-state index contributed by atoms with van der Waals surface area (Å²) < 4.78 is 16.1. The minimum atomic E-state index is -0.572. The Labute approximate surface area is 126 Å². The first-order valence-electron chi connectivity index (χ1n) is 6.02. The Morgan fingerprint density at radius 1 is 1.45 bits per heavy atom. The van der Waals surface area contributed by atoms with E-state index in [0.717, 1.165) is 0 Å². The molecule has 20 heavy (non-hydrogen) atoms. The number of nitrogens with zero attached hydrogens (tertiary/aromatic N) is 1. The Morgan fingerprint density at radius 2 is 2.10 bits per heavy atom. The fourth-order valence-corrected chi connectivity index (χ4v) is 1.92.